The zero-order valence-corrected chi connectivity index (χ0v) is 14.6. The average molecular weight is 302 g/mol. The summed E-state index contributed by atoms with van der Waals surface area (Å²) < 4.78 is 0. The van der Waals surface area contributed by atoms with Gasteiger partial charge in [-0.15, -0.1) is 0 Å². The van der Waals surface area contributed by atoms with E-state index in [4.69, 9.17) is 5.73 Å². The first-order valence-electron chi connectivity index (χ1n) is 8.07. The molecule has 1 aliphatic rings. The van der Waals surface area contributed by atoms with Crippen LogP contribution in [0.5, 0.6) is 0 Å². The molecular formula is C18H30N4. The van der Waals surface area contributed by atoms with E-state index in [2.05, 4.69) is 74.1 Å². The van der Waals surface area contributed by atoms with E-state index in [-0.39, 0.29) is 11.1 Å². The van der Waals surface area contributed by atoms with Crippen LogP contribution >= 0.6 is 0 Å². The SMILES string of the molecule is CC(C)(C)NC(N)=NCC(C)(C)N1CCc2ccccc2C1. The van der Waals surface area contributed by atoms with Gasteiger partial charge in [-0.2, -0.15) is 0 Å². The number of benzene rings is 1. The summed E-state index contributed by atoms with van der Waals surface area (Å²) in [6.07, 6.45) is 1.11. The van der Waals surface area contributed by atoms with Gasteiger partial charge in [0.15, 0.2) is 5.96 Å². The van der Waals surface area contributed by atoms with Crippen molar-refractivity contribution in [1.82, 2.24) is 10.2 Å². The van der Waals surface area contributed by atoms with Crippen LogP contribution in [0.2, 0.25) is 0 Å². The van der Waals surface area contributed by atoms with E-state index < -0.39 is 0 Å². The van der Waals surface area contributed by atoms with E-state index in [1.54, 1.807) is 0 Å². The molecule has 2 rings (SSSR count). The van der Waals surface area contributed by atoms with Crippen molar-refractivity contribution >= 4 is 5.96 Å². The number of hydrogen-bond donors (Lipinski definition) is 2. The van der Waals surface area contributed by atoms with Gasteiger partial charge in [0.2, 0.25) is 0 Å². The molecule has 0 radical (unpaired) electrons. The van der Waals surface area contributed by atoms with Crippen molar-refractivity contribution in [1.29, 1.82) is 0 Å². The molecule has 22 heavy (non-hydrogen) atoms. The molecule has 4 heteroatoms. The molecule has 0 amide bonds. The molecule has 0 aliphatic carbocycles. The van der Waals surface area contributed by atoms with Gasteiger partial charge in [-0.25, -0.2) is 0 Å². The van der Waals surface area contributed by atoms with Crippen molar-refractivity contribution in [2.24, 2.45) is 10.7 Å². The van der Waals surface area contributed by atoms with Crippen molar-refractivity contribution in [2.75, 3.05) is 13.1 Å². The lowest BCUT2D eigenvalue weighted by Gasteiger charge is -2.40. The number of nitrogens with two attached hydrogens (primary N) is 1. The quantitative estimate of drug-likeness (QED) is 0.666. The Labute approximate surface area is 134 Å². The third kappa shape index (κ3) is 4.47. The fraction of sp³-hybridized carbons (Fsp3) is 0.611. The average Bonchev–Trinajstić information content (AvgIpc) is 2.43. The third-order valence-electron chi connectivity index (χ3n) is 4.13. The first kappa shape index (κ1) is 16.8. The van der Waals surface area contributed by atoms with Gasteiger partial charge in [-0.3, -0.25) is 9.89 Å². The number of aliphatic imine (C=N–C) groups is 1. The van der Waals surface area contributed by atoms with Crippen LogP contribution in [0.4, 0.5) is 0 Å². The third-order valence-corrected chi connectivity index (χ3v) is 4.13. The summed E-state index contributed by atoms with van der Waals surface area (Å²) in [5.74, 6) is 0.526. The molecule has 0 spiro atoms. The van der Waals surface area contributed by atoms with E-state index in [1.165, 1.54) is 11.1 Å². The molecule has 0 saturated heterocycles. The summed E-state index contributed by atoms with van der Waals surface area (Å²) >= 11 is 0. The lowest BCUT2D eigenvalue weighted by molar-refractivity contribution is 0.112. The van der Waals surface area contributed by atoms with Gasteiger partial charge >= 0.3 is 0 Å². The van der Waals surface area contributed by atoms with Crippen LogP contribution in [0.25, 0.3) is 0 Å². The monoisotopic (exact) mass is 302 g/mol. The predicted octanol–water partition coefficient (Wildman–Crippen LogP) is 2.53. The van der Waals surface area contributed by atoms with Crippen LogP contribution in [-0.4, -0.2) is 35.0 Å². The number of nitrogens with zero attached hydrogens (tertiary/aromatic N) is 2. The summed E-state index contributed by atoms with van der Waals surface area (Å²) in [7, 11) is 0. The minimum Gasteiger partial charge on any atom is -0.370 e. The Kier molecular flexibility index (Phi) is 4.81. The van der Waals surface area contributed by atoms with Crippen LogP contribution in [0.15, 0.2) is 29.3 Å². The molecule has 0 fully saturated rings. The zero-order chi connectivity index (χ0) is 16.4. The number of nitrogens with one attached hydrogen (secondary N) is 1. The Morgan fingerprint density at radius 3 is 2.45 bits per heavy atom. The molecule has 4 nitrogen and oxygen atoms in total. The Balaban J connectivity index is 2.01. The molecule has 1 aromatic carbocycles. The summed E-state index contributed by atoms with van der Waals surface area (Å²) in [6, 6.07) is 8.72. The molecule has 1 aliphatic heterocycles. The van der Waals surface area contributed by atoms with Crippen LogP contribution < -0.4 is 11.1 Å². The highest BCUT2D eigenvalue weighted by Crippen LogP contribution is 2.25. The van der Waals surface area contributed by atoms with Gasteiger partial charge in [0.25, 0.3) is 0 Å². The molecule has 0 saturated carbocycles. The lowest BCUT2D eigenvalue weighted by atomic mass is 9.94. The minimum atomic E-state index is -0.0538. The lowest BCUT2D eigenvalue weighted by Crippen LogP contribution is -2.50. The van der Waals surface area contributed by atoms with E-state index >= 15 is 0 Å². The molecular weight excluding hydrogens is 272 g/mol. The Hall–Kier alpha value is -1.55. The number of hydrogen-bond acceptors (Lipinski definition) is 2. The van der Waals surface area contributed by atoms with Gasteiger partial charge in [0.1, 0.15) is 0 Å². The highest BCUT2D eigenvalue weighted by atomic mass is 15.2. The van der Waals surface area contributed by atoms with Crippen LogP contribution in [0.3, 0.4) is 0 Å². The van der Waals surface area contributed by atoms with E-state index in [9.17, 15) is 0 Å². The van der Waals surface area contributed by atoms with E-state index in [1.807, 2.05) is 0 Å². The predicted molar refractivity (Wildman–Crippen MR) is 94.0 cm³/mol. The second-order valence-electron chi connectivity index (χ2n) is 7.83. The number of guanidine groups is 1. The second kappa shape index (κ2) is 6.29. The Morgan fingerprint density at radius 1 is 1.18 bits per heavy atom. The molecule has 0 unspecified atom stereocenters. The maximum Gasteiger partial charge on any atom is 0.189 e. The fourth-order valence-corrected chi connectivity index (χ4v) is 2.81. The van der Waals surface area contributed by atoms with Crippen molar-refractivity contribution in [3.05, 3.63) is 35.4 Å². The van der Waals surface area contributed by atoms with Crippen molar-refractivity contribution in [3.63, 3.8) is 0 Å². The van der Waals surface area contributed by atoms with Crippen LogP contribution in [0.1, 0.15) is 45.7 Å². The summed E-state index contributed by atoms with van der Waals surface area (Å²) in [6.45, 7) is 13.5. The first-order valence-corrected chi connectivity index (χ1v) is 8.07. The van der Waals surface area contributed by atoms with Gasteiger partial charge in [-0.1, -0.05) is 24.3 Å². The maximum absolute atomic E-state index is 5.99. The normalized spacial score (nSPS) is 17.2. The summed E-state index contributed by atoms with van der Waals surface area (Å²) in [5, 5.41) is 3.22. The molecule has 0 atom stereocenters. The van der Waals surface area contributed by atoms with Crippen molar-refractivity contribution < 1.29 is 0 Å². The molecule has 0 aromatic heterocycles. The zero-order valence-electron chi connectivity index (χ0n) is 14.6. The summed E-state index contributed by atoms with van der Waals surface area (Å²) in [4.78, 5) is 7.06. The van der Waals surface area contributed by atoms with Gasteiger partial charge in [0, 0.05) is 24.2 Å². The van der Waals surface area contributed by atoms with Crippen molar-refractivity contribution in [2.45, 2.75) is 58.7 Å². The van der Waals surface area contributed by atoms with Gasteiger partial charge in [-0.05, 0) is 52.2 Å². The standard InChI is InChI=1S/C18H30N4/c1-17(2,3)21-16(19)20-13-18(4,5)22-11-10-14-8-6-7-9-15(14)12-22/h6-9H,10-13H2,1-5H3,(H3,19,20,21). The first-order chi connectivity index (χ1) is 10.2. The van der Waals surface area contributed by atoms with E-state index in [0.717, 1.165) is 19.5 Å². The highest BCUT2D eigenvalue weighted by Gasteiger charge is 2.29. The fourth-order valence-electron chi connectivity index (χ4n) is 2.81. The molecule has 122 valence electrons. The topological polar surface area (TPSA) is 53.6 Å². The highest BCUT2D eigenvalue weighted by molar-refractivity contribution is 5.78. The van der Waals surface area contributed by atoms with Crippen LogP contribution in [-0.2, 0) is 13.0 Å². The van der Waals surface area contributed by atoms with Crippen LogP contribution in [0, 0.1) is 0 Å². The second-order valence-corrected chi connectivity index (χ2v) is 7.83. The number of rotatable bonds is 3. The minimum absolute atomic E-state index is 0.00227. The smallest absolute Gasteiger partial charge is 0.189 e. The molecule has 1 aromatic rings. The summed E-state index contributed by atoms with van der Waals surface area (Å²) in [5.41, 5.74) is 8.85. The Morgan fingerprint density at radius 2 is 1.82 bits per heavy atom. The van der Waals surface area contributed by atoms with E-state index in [0.29, 0.717) is 12.5 Å². The Bertz CT molecular complexity index is 540. The molecule has 0 bridgehead atoms. The van der Waals surface area contributed by atoms with Crippen molar-refractivity contribution in [3.8, 4) is 0 Å². The molecule has 1 heterocycles. The number of fused-ring (bicyclic) bond motifs is 1. The largest absolute Gasteiger partial charge is 0.370 e. The molecule has 3 N–H and O–H groups in total. The van der Waals surface area contributed by atoms with Gasteiger partial charge < -0.3 is 11.1 Å². The maximum atomic E-state index is 5.99. The van der Waals surface area contributed by atoms with Gasteiger partial charge in [0.05, 0.1) is 6.54 Å².